The zero-order valence-corrected chi connectivity index (χ0v) is 6.81. The first kappa shape index (κ1) is 8.97. The molecule has 1 rings (SSSR count). The van der Waals surface area contributed by atoms with Gasteiger partial charge in [0.2, 0.25) is 0 Å². The fraction of sp³-hybridized carbons (Fsp3) is 0.333. The maximum absolute atomic E-state index is 12.8. The second-order valence-electron chi connectivity index (χ2n) is 2.40. The van der Waals surface area contributed by atoms with Gasteiger partial charge in [-0.1, -0.05) is 13.0 Å². The van der Waals surface area contributed by atoms with Crippen molar-refractivity contribution in [3.05, 3.63) is 29.8 Å². The zero-order valence-electron chi connectivity index (χ0n) is 6.81. The SMILES string of the molecule is CCCOc1c(F)cccc1F. The van der Waals surface area contributed by atoms with Crippen molar-refractivity contribution in [2.45, 2.75) is 13.3 Å². The van der Waals surface area contributed by atoms with Crippen molar-refractivity contribution in [3.8, 4) is 5.75 Å². The minimum atomic E-state index is -0.650. The summed E-state index contributed by atoms with van der Waals surface area (Å²) in [6.07, 6.45) is 0.730. The second-order valence-corrected chi connectivity index (χ2v) is 2.40. The molecule has 0 saturated carbocycles. The van der Waals surface area contributed by atoms with Crippen molar-refractivity contribution < 1.29 is 13.5 Å². The molecule has 0 aromatic heterocycles. The molecule has 0 unspecified atom stereocenters. The van der Waals surface area contributed by atoms with Gasteiger partial charge in [-0.15, -0.1) is 0 Å². The molecule has 0 bridgehead atoms. The molecule has 0 heterocycles. The molecule has 0 radical (unpaired) electrons. The average Bonchev–Trinajstić information content (AvgIpc) is 2.04. The molecular weight excluding hydrogens is 162 g/mol. The quantitative estimate of drug-likeness (QED) is 0.681. The van der Waals surface area contributed by atoms with Crippen LogP contribution in [-0.2, 0) is 0 Å². The van der Waals surface area contributed by atoms with Crippen LogP contribution in [0.4, 0.5) is 8.78 Å². The maximum Gasteiger partial charge on any atom is 0.190 e. The number of hydrogen-bond acceptors (Lipinski definition) is 1. The van der Waals surface area contributed by atoms with Crippen LogP contribution in [0.1, 0.15) is 13.3 Å². The fourth-order valence-corrected chi connectivity index (χ4v) is 0.825. The molecule has 1 nitrogen and oxygen atoms in total. The van der Waals surface area contributed by atoms with Crippen LogP contribution >= 0.6 is 0 Å². The summed E-state index contributed by atoms with van der Waals surface area (Å²) in [6.45, 7) is 2.20. The Bertz CT molecular complexity index is 240. The molecule has 12 heavy (non-hydrogen) atoms. The Morgan fingerprint density at radius 2 is 1.83 bits per heavy atom. The van der Waals surface area contributed by atoms with Gasteiger partial charge in [0.15, 0.2) is 17.4 Å². The molecule has 1 aromatic rings. The van der Waals surface area contributed by atoms with Crippen LogP contribution in [0.2, 0.25) is 0 Å². The van der Waals surface area contributed by atoms with Crippen LogP contribution < -0.4 is 4.74 Å². The zero-order chi connectivity index (χ0) is 8.97. The summed E-state index contributed by atoms with van der Waals surface area (Å²) >= 11 is 0. The number of hydrogen-bond donors (Lipinski definition) is 0. The number of para-hydroxylation sites is 1. The highest BCUT2D eigenvalue weighted by molar-refractivity contribution is 5.25. The predicted molar refractivity (Wildman–Crippen MR) is 42.1 cm³/mol. The largest absolute Gasteiger partial charge is 0.488 e. The monoisotopic (exact) mass is 172 g/mol. The summed E-state index contributed by atoms with van der Waals surface area (Å²) in [5, 5.41) is 0. The van der Waals surface area contributed by atoms with Crippen molar-refractivity contribution >= 4 is 0 Å². The number of benzene rings is 1. The van der Waals surface area contributed by atoms with Crippen molar-refractivity contribution in [2.24, 2.45) is 0 Å². The summed E-state index contributed by atoms with van der Waals surface area (Å²) in [6, 6.07) is 3.66. The minimum Gasteiger partial charge on any atom is -0.488 e. The Morgan fingerprint density at radius 1 is 1.25 bits per heavy atom. The van der Waals surface area contributed by atoms with E-state index in [0.29, 0.717) is 6.61 Å². The summed E-state index contributed by atoms with van der Waals surface area (Å²) in [5.74, 6) is -1.58. The topological polar surface area (TPSA) is 9.23 Å². The van der Waals surface area contributed by atoms with E-state index in [2.05, 4.69) is 0 Å². The summed E-state index contributed by atoms with van der Waals surface area (Å²) in [7, 11) is 0. The first-order chi connectivity index (χ1) is 5.75. The van der Waals surface area contributed by atoms with Gasteiger partial charge in [0.1, 0.15) is 0 Å². The van der Waals surface area contributed by atoms with E-state index in [0.717, 1.165) is 6.42 Å². The van der Waals surface area contributed by atoms with Crippen LogP contribution in [0, 0.1) is 11.6 Å². The van der Waals surface area contributed by atoms with Gasteiger partial charge < -0.3 is 4.74 Å². The molecule has 1 aromatic carbocycles. The van der Waals surface area contributed by atoms with E-state index in [9.17, 15) is 8.78 Å². The van der Waals surface area contributed by atoms with Crippen LogP contribution in [0.5, 0.6) is 5.75 Å². The third-order valence-corrected chi connectivity index (χ3v) is 1.37. The van der Waals surface area contributed by atoms with Crippen molar-refractivity contribution in [1.29, 1.82) is 0 Å². The van der Waals surface area contributed by atoms with Gasteiger partial charge in [-0.25, -0.2) is 8.78 Å². The van der Waals surface area contributed by atoms with Crippen molar-refractivity contribution in [2.75, 3.05) is 6.61 Å². The first-order valence-electron chi connectivity index (χ1n) is 3.82. The van der Waals surface area contributed by atoms with E-state index >= 15 is 0 Å². The molecule has 0 aliphatic carbocycles. The molecule has 0 amide bonds. The van der Waals surface area contributed by atoms with Gasteiger partial charge >= 0.3 is 0 Å². The average molecular weight is 172 g/mol. The van der Waals surface area contributed by atoms with Crippen LogP contribution in [-0.4, -0.2) is 6.61 Å². The second kappa shape index (κ2) is 4.04. The molecule has 0 aliphatic heterocycles. The highest BCUT2D eigenvalue weighted by atomic mass is 19.1. The maximum atomic E-state index is 12.8. The van der Waals surface area contributed by atoms with E-state index in [1.807, 2.05) is 6.92 Å². The lowest BCUT2D eigenvalue weighted by Gasteiger charge is -2.05. The number of ether oxygens (including phenoxy) is 1. The Kier molecular flexibility index (Phi) is 3.02. The standard InChI is InChI=1S/C9H10F2O/c1-2-6-12-9-7(10)4-3-5-8(9)11/h3-5H,2,6H2,1H3. The van der Waals surface area contributed by atoms with E-state index in [1.165, 1.54) is 18.2 Å². The highest BCUT2D eigenvalue weighted by Gasteiger charge is 2.07. The van der Waals surface area contributed by atoms with Crippen molar-refractivity contribution in [3.63, 3.8) is 0 Å². The van der Waals surface area contributed by atoms with Crippen LogP contribution in [0.15, 0.2) is 18.2 Å². The van der Waals surface area contributed by atoms with Crippen LogP contribution in [0.3, 0.4) is 0 Å². The van der Waals surface area contributed by atoms with Crippen LogP contribution in [0.25, 0.3) is 0 Å². The number of rotatable bonds is 3. The molecule has 0 atom stereocenters. The first-order valence-corrected chi connectivity index (χ1v) is 3.82. The van der Waals surface area contributed by atoms with E-state index in [4.69, 9.17) is 4.74 Å². The minimum absolute atomic E-state index is 0.278. The van der Waals surface area contributed by atoms with Crippen molar-refractivity contribution in [1.82, 2.24) is 0 Å². The highest BCUT2D eigenvalue weighted by Crippen LogP contribution is 2.20. The normalized spacial score (nSPS) is 9.92. The molecule has 0 saturated heterocycles. The lowest BCUT2D eigenvalue weighted by Crippen LogP contribution is -1.99. The molecule has 0 aliphatic rings. The Labute approximate surface area is 70.0 Å². The Balaban J connectivity index is 2.81. The molecule has 66 valence electrons. The van der Waals surface area contributed by atoms with Gasteiger partial charge in [-0.3, -0.25) is 0 Å². The fourth-order valence-electron chi connectivity index (χ4n) is 0.825. The molecule has 0 fully saturated rings. The Hall–Kier alpha value is -1.12. The molecular formula is C9H10F2O. The summed E-state index contributed by atoms with van der Waals surface area (Å²) in [4.78, 5) is 0. The molecule has 0 spiro atoms. The smallest absolute Gasteiger partial charge is 0.190 e. The van der Waals surface area contributed by atoms with Gasteiger partial charge in [-0.2, -0.15) is 0 Å². The van der Waals surface area contributed by atoms with Gasteiger partial charge in [0, 0.05) is 0 Å². The summed E-state index contributed by atoms with van der Waals surface area (Å²) < 4.78 is 30.5. The van der Waals surface area contributed by atoms with E-state index in [1.54, 1.807) is 0 Å². The lowest BCUT2D eigenvalue weighted by atomic mass is 10.3. The summed E-state index contributed by atoms with van der Waals surface area (Å²) in [5.41, 5.74) is 0. The third-order valence-electron chi connectivity index (χ3n) is 1.37. The molecule has 3 heteroatoms. The van der Waals surface area contributed by atoms with Gasteiger partial charge in [0.25, 0.3) is 0 Å². The third kappa shape index (κ3) is 1.94. The predicted octanol–water partition coefficient (Wildman–Crippen LogP) is 2.75. The molecule has 0 N–H and O–H groups in total. The van der Waals surface area contributed by atoms with Gasteiger partial charge in [0.05, 0.1) is 6.61 Å². The number of halogens is 2. The van der Waals surface area contributed by atoms with E-state index in [-0.39, 0.29) is 5.75 Å². The lowest BCUT2D eigenvalue weighted by molar-refractivity contribution is 0.285. The Morgan fingerprint density at radius 3 is 2.33 bits per heavy atom. The van der Waals surface area contributed by atoms with Gasteiger partial charge in [-0.05, 0) is 18.6 Å². The van der Waals surface area contributed by atoms with E-state index < -0.39 is 11.6 Å².